The first kappa shape index (κ1) is 16.0. The number of likely N-dealkylation sites (tertiary alicyclic amines) is 1. The number of hydrogen-bond acceptors (Lipinski definition) is 2. The summed E-state index contributed by atoms with van der Waals surface area (Å²) in [7, 11) is 0. The molecular weight excluding hydrogens is 244 g/mol. The second-order valence-corrected chi connectivity index (χ2v) is 6.88. The van der Waals surface area contributed by atoms with Crippen LogP contribution in [0, 0.1) is 5.41 Å². The minimum atomic E-state index is 0.451. The van der Waals surface area contributed by atoms with Gasteiger partial charge in [0.1, 0.15) is 0 Å². The van der Waals surface area contributed by atoms with Crippen molar-refractivity contribution in [1.82, 2.24) is 10.2 Å². The third-order valence-electron chi connectivity index (χ3n) is 5.42. The van der Waals surface area contributed by atoms with Gasteiger partial charge in [-0.15, -0.1) is 6.58 Å². The lowest BCUT2D eigenvalue weighted by atomic mass is 9.70. The highest BCUT2D eigenvalue weighted by atomic mass is 15.2. The van der Waals surface area contributed by atoms with Crippen molar-refractivity contribution in [1.29, 1.82) is 0 Å². The number of hydrogen-bond donors (Lipinski definition) is 1. The summed E-state index contributed by atoms with van der Waals surface area (Å²) in [5, 5.41) is 3.68. The van der Waals surface area contributed by atoms with Crippen LogP contribution in [0.2, 0.25) is 0 Å². The molecule has 0 aromatic rings. The topological polar surface area (TPSA) is 15.3 Å². The number of unbranched alkanes of at least 4 members (excludes halogenated alkanes) is 2. The largest absolute Gasteiger partial charge is 0.316 e. The average Bonchev–Trinajstić information content (AvgIpc) is 2.50. The molecule has 2 heterocycles. The minimum absolute atomic E-state index is 0.451. The molecule has 1 N–H and O–H groups in total. The molecule has 2 atom stereocenters. The first-order chi connectivity index (χ1) is 9.82. The molecule has 0 spiro atoms. The number of rotatable bonds is 7. The standard InChI is InChI=1S/C18H34N2/c1-3-5-7-11-18(12-10-13-19-16-18)17(4-2)20-14-8-6-9-15-20/h4,17,19H,2-3,5-16H2,1H3. The molecule has 116 valence electrons. The SMILES string of the molecule is C=CC(N1CCCCC1)C1(CCCCC)CCCNC1. The summed E-state index contributed by atoms with van der Waals surface area (Å²) in [5.41, 5.74) is 0.451. The second-order valence-electron chi connectivity index (χ2n) is 6.88. The molecule has 20 heavy (non-hydrogen) atoms. The van der Waals surface area contributed by atoms with Gasteiger partial charge in [-0.2, -0.15) is 0 Å². The van der Waals surface area contributed by atoms with Crippen LogP contribution in [0.3, 0.4) is 0 Å². The van der Waals surface area contributed by atoms with Crippen LogP contribution in [-0.4, -0.2) is 37.1 Å². The summed E-state index contributed by atoms with van der Waals surface area (Å²) < 4.78 is 0. The maximum absolute atomic E-state index is 4.22. The molecule has 0 amide bonds. The Morgan fingerprint density at radius 2 is 2.00 bits per heavy atom. The molecule has 0 aromatic heterocycles. The van der Waals surface area contributed by atoms with E-state index in [2.05, 4.69) is 29.8 Å². The van der Waals surface area contributed by atoms with Crippen molar-refractivity contribution in [3.05, 3.63) is 12.7 Å². The first-order valence-corrected chi connectivity index (χ1v) is 8.90. The zero-order valence-electron chi connectivity index (χ0n) is 13.5. The van der Waals surface area contributed by atoms with E-state index < -0.39 is 0 Å². The van der Waals surface area contributed by atoms with Crippen molar-refractivity contribution >= 4 is 0 Å². The molecule has 0 aromatic carbocycles. The first-order valence-electron chi connectivity index (χ1n) is 8.90. The number of nitrogens with zero attached hydrogens (tertiary/aromatic N) is 1. The molecule has 0 saturated carbocycles. The van der Waals surface area contributed by atoms with Crippen LogP contribution in [0.4, 0.5) is 0 Å². The molecule has 2 unspecified atom stereocenters. The molecule has 0 bridgehead atoms. The lowest BCUT2D eigenvalue weighted by molar-refractivity contribution is 0.0471. The molecular formula is C18H34N2. The van der Waals surface area contributed by atoms with Crippen LogP contribution in [0.15, 0.2) is 12.7 Å². The Hall–Kier alpha value is -0.340. The second kappa shape index (κ2) is 8.19. The summed E-state index contributed by atoms with van der Waals surface area (Å²) >= 11 is 0. The predicted molar refractivity (Wildman–Crippen MR) is 88.1 cm³/mol. The maximum atomic E-state index is 4.22. The highest BCUT2D eigenvalue weighted by Crippen LogP contribution is 2.39. The van der Waals surface area contributed by atoms with E-state index in [0.29, 0.717) is 11.5 Å². The smallest absolute Gasteiger partial charge is 0.0344 e. The van der Waals surface area contributed by atoms with Gasteiger partial charge in [-0.3, -0.25) is 4.90 Å². The van der Waals surface area contributed by atoms with Crippen LogP contribution >= 0.6 is 0 Å². The monoisotopic (exact) mass is 278 g/mol. The van der Waals surface area contributed by atoms with E-state index >= 15 is 0 Å². The van der Waals surface area contributed by atoms with Gasteiger partial charge in [0, 0.05) is 18.0 Å². The third-order valence-corrected chi connectivity index (χ3v) is 5.42. The molecule has 2 nitrogen and oxygen atoms in total. The fraction of sp³-hybridized carbons (Fsp3) is 0.889. The number of nitrogens with one attached hydrogen (secondary N) is 1. The van der Waals surface area contributed by atoms with E-state index in [4.69, 9.17) is 0 Å². The van der Waals surface area contributed by atoms with Gasteiger partial charge in [0.15, 0.2) is 0 Å². The van der Waals surface area contributed by atoms with Gasteiger partial charge < -0.3 is 5.32 Å². The lowest BCUT2D eigenvalue weighted by Crippen LogP contribution is -2.55. The Labute approximate surface area is 126 Å². The number of piperidine rings is 2. The Balaban J connectivity index is 2.07. The summed E-state index contributed by atoms with van der Waals surface area (Å²) in [4.78, 5) is 2.73. The fourth-order valence-electron chi connectivity index (χ4n) is 4.31. The van der Waals surface area contributed by atoms with E-state index in [1.807, 2.05) is 0 Å². The van der Waals surface area contributed by atoms with Gasteiger partial charge in [-0.25, -0.2) is 0 Å². The van der Waals surface area contributed by atoms with E-state index in [9.17, 15) is 0 Å². The van der Waals surface area contributed by atoms with Crippen molar-refractivity contribution in [2.24, 2.45) is 5.41 Å². The zero-order valence-corrected chi connectivity index (χ0v) is 13.5. The van der Waals surface area contributed by atoms with Crippen LogP contribution in [0.25, 0.3) is 0 Å². The minimum Gasteiger partial charge on any atom is -0.316 e. The Morgan fingerprint density at radius 3 is 2.60 bits per heavy atom. The Bertz CT molecular complexity index is 275. The molecule has 2 fully saturated rings. The third kappa shape index (κ3) is 3.85. The molecule has 2 heteroatoms. The van der Waals surface area contributed by atoms with E-state index in [-0.39, 0.29) is 0 Å². The van der Waals surface area contributed by atoms with Crippen molar-refractivity contribution in [3.63, 3.8) is 0 Å². The van der Waals surface area contributed by atoms with Crippen LogP contribution in [0.5, 0.6) is 0 Å². The van der Waals surface area contributed by atoms with E-state index in [1.54, 1.807) is 0 Å². The van der Waals surface area contributed by atoms with Gasteiger partial charge in [-0.05, 0) is 51.7 Å². The fourth-order valence-corrected chi connectivity index (χ4v) is 4.31. The normalized spacial score (nSPS) is 30.1. The Morgan fingerprint density at radius 1 is 1.20 bits per heavy atom. The van der Waals surface area contributed by atoms with Gasteiger partial charge in [0.05, 0.1) is 0 Å². The summed E-state index contributed by atoms with van der Waals surface area (Å²) in [6.45, 7) is 11.5. The van der Waals surface area contributed by atoms with Crippen LogP contribution in [0.1, 0.15) is 64.7 Å². The summed E-state index contributed by atoms with van der Waals surface area (Å²) in [6.07, 6.45) is 14.6. The predicted octanol–water partition coefficient (Wildman–Crippen LogP) is 3.98. The van der Waals surface area contributed by atoms with Gasteiger partial charge >= 0.3 is 0 Å². The molecule has 2 aliphatic heterocycles. The van der Waals surface area contributed by atoms with E-state index in [0.717, 1.165) is 0 Å². The van der Waals surface area contributed by atoms with Crippen molar-refractivity contribution in [2.75, 3.05) is 26.2 Å². The van der Waals surface area contributed by atoms with Crippen molar-refractivity contribution < 1.29 is 0 Å². The average molecular weight is 278 g/mol. The lowest BCUT2D eigenvalue weighted by Gasteiger charge is -2.48. The van der Waals surface area contributed by atoms with Crippen LogP contribution in [-0.2, 0) is 0 Å². The van der Waals surface area contributed by atoms with Gasteiger partial charge in [0.2, 0.25) is 0 Å². The molecule has 0 radical (unpaired) electrons. The summed E-state index contributed by atoms with van der Waals surface area (Å²) in [5.74, 6) is 0. The highest BCUT2D eigenvalue weighted by Gasteiger charge is 2.40. The van der Waals surface area contributed by atoms with Crippen molar-refractivity contribution in [2.45, 2.75) is 70.8 Å². The molecule has 2 rings (SSSR count). The highest BCUT2D eigenvalue weighted by molar-refractivity contribution is 5.04. The van der Waals surface area contributed by atoms with Gasteiger partial charge in [-0.1, -0.05) is 38.7 Å². The Kier molecular flexibility index (Phi) is 6.57. The maximum Gasteiger partial charge on any atom is 0.0344 e. The van der Waals surface area contributed by atoms with Crippen molar-refractivity contribution in [3.8, 4) is 0 Å². The molecule has 2 aliphatic rings. The summed E-state index contributed by atoms with van der Waals surface area (Å²) in [6, 6.07) is 0.590. The zero-order chi connectivity index (χ0) is 14.3. The van der Waals surface area contributed by atoms with Gasteiger partial charge in [0.25, 0.3) is 0 Å². The quantitative estimate of drug-likeness (QED) is 0.560. The van der Waals surface area contributed by atoms with Crippen LogP contribution < -0.4 is 5.32 Å². The van der Waals surface area contributed by atoms with E-state index in [1.165, 1.54) is 84.0 Å². The molecule has 0 aliphatic carbocycles. The molecule has 2 saturated heterocycles.